The number of halogens is 1. The fourth-order valence-electron chi connectivity index (χ4n) is 4.95. The number of aliphatic hydroxyl groups is 1. The molecule has 1 unspecified atom stereocenters. The number of methoxy groups -OCH3 is 2. The van der Waals surface area contributed by atoms with Crippen molar-refractivity contribution in [2.45, 2.75) is 65.0 Å². The summed E-state index contributed by atoms with van der Waals surface area (Å²) in [5.74, 6) is -2.14. The first kappa shape index (κ1) is 37.5. The van der Waals surface area contributed by atoms with Gasteiger partial charge in [-0.1, -0.05) is 44.2 Å². The lowest BCUT2D eigenvalue weighted by Gasteiger charge is -2.30. The number of aliphatic hydroxyl groups excluding tert-OH is 1. The highest BCUT2D eigenvalue weighted by atomic mass is 35.5. The van der Waals surface area contributed by atoms with Crippen LogP contribution in [0.3, 0.4) is 0 Å². The number of hydrogen-bond acceptors (Lipinski definition) is 9. The molecule has 2 amide bonds. The third kappa shape index (κ3) is 10.3. The number of ketones is 2. The van der Waals surface area contributed by atoms with E-state index in [0.717, 1.165) is 6.08 Å². The topological polar surface area (TPSA) is 166 Å². The van der Waals surface area contributed by atoms with Gasteiger partial charge in [-0.05, 0) is 38.2 Å². The Balaban J connectivity index is 0.00000924. The number of carbonyl (C=O) groups excluding carboxylic acids is 4. The number of primary amides is 1. The Morgan fingerprint density at radius 2 is 1.88 bits per heavy atom. The lowest BCUT2D eigenvalue weighted by molar-refractivity contribution is -0.120. The molecule has 11 nitrogen and oxygen atoms in total. The number of rotatable bonds is 6. The van der Waals surface area contributed by atoms with Gasteiger partial charge in [-0.15, -0.1) is 19.0 Å². The third-order valence-corrected chi connectivity index (χ3v) is 7.22. The molecule has 1 heterocycles. The normalized spacial score (nSPS) is 30.1. The van der Waals surface area contributed by atoms with E-state index >= 15 is 0 Å². The van der Waals surface area contributed by atoms with Crippen molar-refractivity contribution < 1.29 is 38.5 Å². The van der Waals surface area contributed by atoms with Gasteiger partial charge in [0.15, 0.2) is 6.10 Å². The summed E-state index contributed by atoms with van der Waals surface area (Å²) in [6.45, 7) is 10.9. The van der Waals surface area contributed by atoms with Crippen LogP contribution in [0.1, 0.15) is 40.5 Å². The monoisotopic (exact) mass is 621 g/mol. The predicted molar refractivity (Wildman–Crippen MR) is 165 cm³/mol. The lowest BCUT2D eigenvalue weighted by Crippen LogP contribution is -2.37. The van der Waals surface area contributed by atoms with Gasteiger partial charge in [0.05, 0.1) is 23.6 Å². The number of nitrogens with two attached hydrogens (primary N) is 1. The van der Waals surface area contributed by atoms with Gasteiger partial charge in [0.25, 0.3) is 5.91 Å². The number of ether oxygens (including phenoxy) is 3. The maximum atomic E-state index is 13.5. The molecule has 5 N–H and O–H groups in total. The van der Waals surface area contributed by atoms with Crippen molar-refractivity contribution in [2.75, 3.05) is 20.8 Å². The van der Waals surface area contributed by atoms with E-state index < -0.39 is 53.9 Å². The zero-order chi connectivity index (χ0) is 31.6. The summed E-state index contributed by atoms with van der Waals surface area (Å²) < 4.78 is 16.6. The standard InChI is InChI=1S/C31H43N3O8.ClH/c1-8-12-33-26-21-13-17(2)14-25(41-7)27(36)19(4)15-20(5)29(42-31(32)39)24(40-6)11-9-10-18(3)30(38)34-22(28(21)37)16-23(26)35;/h8-11,15-17,19,24-25,27,29,33,36H,1,12-14H2,2-7H3,(H2,32,39)(H,34,38);1H/b11-9?,18-10+,20-15-;/t17-,19+,24+,25+,27-,29?;/m1./s1. The zero-order valence-electron chi connectivity index (χ0n) is 25.5. The average Bonchev–Trinajstić information content (AvgIpc) is 2.94. The highest BCUT2D eigenvalue weighted by molar-refractivity contribution is 6.23. The van der Waals surface area contributed by atoms with Crippen molar-refractivity contribution in [3.63, 3.8) is 0 Å². The number of nitrogens with one attached hydrogen (secondary N) is 2. The molecule has 0 spiro atoms. The first-order valence-electron chi connectivity index (χ1n) is 13.8. The molecule has 2 bridgehead atoms. The van der Waals surface area contributed by atoms with Crippen LogP contribution in [-0.2, 0) is 28.6 Å². The van der Waals surface area contributed by atoms with Gasteiger partial charge in [0.1, 0.15) is 6.10 Å². The van der Waals surface area contributed by atoms with Crippen molar-refractivity contribution in [1.82, 2.24) is 10.6 Å². The maximum Gasteiger partial charge on any atom is 0.405 e. The number of amides is 2. The second kappa shape index (κ2) is 17.6. The lowest BCUT2D eigenvalue weighted by atomic mass is 9.85. The Kier molecular flexibility index (Phi) is 15.3. The molecule has 0 radical (unpaired) electrons. The molecule has 0 saturated carbocycles. The second-order valence-corrected chi connectivity index (χ2v) is 10.6. The molecular formula is C31H44ClN3O8. The minimum absolute atomic E-state index is 0. The Bertz CT molecular complexity index is 1220. The van der Waals surface area contributed by atoms with E-state index in [-0.39, 0.29) is 53.8 Å². The molecule has 0 fully saturated rings. The number of fused-ring (bicyclic) bond motifs is 2. The number of hydrogen-bond donors (Lipinski definition) is 4. The molecule has 12 heteroatoms. The van der Waals surface area contributed by atoms with Crippen molar-refractivity contribution in [3.8, 4) is 0 Å². The van der Waals surface area contributed by atoms with E-state index in [9.17, 15) is 24.3 Å². The summed E-state index contributed by atoms with van der Waals surface area (Å²) in [5, 5.41) is 16.7. The fraction of sp³-hybridized carbons (Fsp3) is 0.484. The molecule has 238 valence electrons. The van der Waals surface area contributed by atoms with Crippen molar-refractivity contribution in [2.24, 2.45) is 17.6 Å². The Labute approximate surface area is 259 Å². The highest BCUT2D eigenvalue weighted by Crippen LogP contribution is 2.28. The molecule has 43 heavy (non-hydrogen) atoms. The Morgan fingerprint density at radius 3 is 2.47 bits per heavy atom. The van der Waals surface area contributed by atoms with E-state index in [1.54, 1.807) is 45.1 Å². The summed E-state index contributed by atoms with van der Waals surface area (Å²) in [5.41, 5.74) is 6.42. The van der Waals surface area contributed by atoms with E-state index in [1.165, 1.54) is 20.3 Å². The van der Waals surface area contributed by atoms with Gasteiger partial charge in [-0.25, -0.2) is 4.79 Å². The molecule has 2 aliphatic rings. The van der Waals surface area contributed by atoms with E-state index in [4.69, 9.17) is 19.9 Å². The average molecular weight is 622 g/mol. The van der Waals surface area contributed by atoms with Crippen LogP contribution < -0.4 is 16.4 Å². The Hall–Kier alpha value is -3.51. The van der Waals surface area contributed by atoms with E-state index in [2.05, 4.69) is 17.2 Å². The van der Waals surface area contributed by atoms with E-state index in [0.29, 0.717) is 12.0 Å². The molecule has 0 aromatic carbocycles. The van der Waals surface area contributed by atoms with Gasteiger partial charge >= 0.3 is 6.09 Å². The zero-order valence-corrected chi connectivity index (χ0v) is 26.4. The highest BCUT2D eigenvalue weighted by Gasteiger charge is 2.33. The number of carbonyl (C=O) groups is 4. The van der Waals surface area contributed by atoms with Gasteiger partial charge in [0.2, 0.25) is 11.6 Å². The van der Waals surface area contributed by atoms with Crippen LogP contribution in [-0.4, -0.2) is 73.9 Å². The maximum absolute atomic E-state index is 13.5. The minimum atomic E-state index is -1.00. The molecule has 6 atom stereocenters. The van der Waals surface area contributed by atoms with Crippen LogP contribution in [0.25, 0.3) is 0 Å². The van der Waals surface area contributed by atoms with E-state index in [1.807, 2.05) is 6.92 Å². The van der Waals surface area contributed by atoms with Crippen molar-refractivity contribution in [1.29, 1.82) is 0 Å². The van der Waals surface area contributed by atoms with Crippen LogP contribution in [0.4, 0.5) is 4.79 Å². The van der Waals surface area contributed by atoms with Crippen LogP contribution >= 0.6 is 12.4 Å². The summed E-state index contributed by atoms with van der Waals surface area (Å²) >= 11 is 0. The smallest absolute Gasteiger partial charge is 0.405 e. The van der Waals surface area contributed by atoms with Crippen molar-refractivity contribution in [3.05, 3.63) is 71.1 Å². The summed E-state index contributed by atoms with van der Waals surface area (Å²) in [7, 11) is 2.92. The van der Waals surface area contributed by atoms with Crippen LogP contribution in [0.15, 0.2) is 71.1 Å². The third-order valence-electron chi connectivity index (χ3n) is 7.22. The second-order valence-electron chi connectivity index (χ2n) is 10.6. The SMILES string of the molecule is C=CCNC1=C2C[C@@H](C)C[C@H](OC)[C@H](O)[C@@H](C)/C=C(/C)C(OC(N)=O)[C@@H](OC)C=C/C=C(\C)C(=O)NC(=CC1=O)C2=O.Cl. The van der Waals surface area contributed by atoms with Crippen LogP contribution in [0.5, 0.6) is 0 Å². The number of allylic oxidation sites excluding steroid dienone is 4. The minimum Gasteiger partial charge on any atom is -0.439 e. The quantitative estimate of drug-likeness (QED) is 0.258. The number of Topliss-reactive ketones (excluding diaryl/α,β-unsaturated/α-hetero) is 1. The Morgan fingerprint density at radius 1 is 1.21 bits per heavy atom. The van der Waals surface area contributed by atoms with Crippen molar-refractivity contribution >= 4 is 36.0 Å². The summed E-state index contributed by atoms with van der Waals surface area (Å²) in [4.78, 5) is 51.3. The first-order chi connectivity index (χ1) is 19.8. The molecule has 1 aliphatic heterocycles. The fourth-order valence-corrected chi connectivity index (χ4v) is 4.95. The van der Waals surface area contributed by atoms with Gasteiger partial charge in [0, 0.05) is 43.9 Å². The molecule has 0 aromatic rings. The van der Waals surface area contributed by atoms with Gasteiger partial charge in [-0.2, -0.15) is 0 Å². The van der Waals surface area contributed by atoms with Gasteiger partial charge < -0.3 is 35.7 Å². The summed E-state index contributed by atoms with van der Waals surface area (Å²) in [6, 6.07) is 0. The molecule has 0 saturated heterocycles. The first-order valence-corrected chi connectivity index (χ1v) is 13.8. The molecule has 2 rings (SSSR count). The summed E-state index contributed by atoms with van der Waals surface area (Å²) in [6.07, 6.45) is 5.34. The molecular weight excluding hydrogens is 578 g/mol. The van der Waals surface area contributed by atoms with Gasteiger partial charge in [-0.3, -0.25) is 14.4 Å². The largest absolute Gasteiger partial charge is 0.439 e. The predicted octanol–water partition coefficient (Wildman–Crippen LogP) is 2.96. The molecule has 0 aromatic heterocycles. The van der Waals surface area contributed by atoms with Crippen LogP contribution in [0.2, 0.25) is 0 Å². The van der Waals surface area contributed by atoms with Crippen LogP contribution in [0, 0.1) is 11.8 Å². The molecule has 1 aliphatic carbocycles.